The van der Waals surface area contributed by atoms with Crippen LogP contribution in [0.15, 0.2) is 24.3 Å². The molecule has 0 aliphatic carbocycles. The van der Waals surface area contributed by atoms with Crippen molar-refractivity contribution >= 4 is 11.6 Å². The highest BCUT2D eigenvalue weighted by Gasteiger charge is 2.17. The van der Waals surface area contributed by atoms with Gasteiger partial charge in [0.15, 0.2) is 0 Å². The van der Waals surface area contributed by atoms with Gasteiger partial charge < -0.3 is 20.9 Å². The number of halogens is 2. The van der Waals surface area contributed by atoms with Crippen LogP contribution in [0.3, 0.4) is 0 Å². The topological polar surface area (TPSA) is 84.6 Å². The van der Waals surface area contributed by atoms with E-state index in [2.05, 4.69) is 5.32 Å². The number of rotatable bonds is 7. The van der Waals surface area contributed by atoms with Crippen LogP contribution in [0.25, 0.3) is 0 Å². The molecule has 0 heterocycles. The number of nitrogens with two attached hydrogens (primary N) is 1. The molecule has 0 radical (unpaired) electrons. The van der Waals surface area contributed by atoms with Gasteiger partial charge in [0.25, 0.3) is 6.43 Å². The molecule has 0 aromatic heterocycles. The molecule has 5 nitrogen and oxygen atoms in total. The van der Waals surface area contributed by atoms with Crippen LogP contribution < -0.4 is 15.8 Å². The van der Waals surface area contributed by atoms with Gasteiger partial charge in [-0.15, -0.1) is 0 Å². The van der Waals surface area contributed by atoms with Gasteiger partial charge in [-0.1, -0.05) is 12.1 Å². The van der Waals surface area contributed by atoms with Gasteiger partial charge in [-0.2, -0.15) is 0 Å². The third-order valence-electron chi connectivity index (χ3n) is 2.30. The van der Waals surface area contributed by atoms with Crippen molar-refractivity contribution in [3.05, 3.63) is 24.3 Å². The summed E-state index contributed by atoms with van der Waals surface area (Å²) in [6.45, 7) is -0.408. The molecule has 106 valence electrons. The maximum Gasteiger partial charge on any atom is 0.265 e. The number of aliphatic hydroxyl groups excluding tert-OH is 1. The summed E-state index contributed by atoms with van der Waals surface area (Å²) >= 11 is 0. The minimum atomic E-state index is -2.87. The van der Waals surface area contributed by atoms with Gasteiger partial charge in [0.1, 0.15) is 11.9 Å². The minimum Gasteiger partial charge on any atom is -0.491 e. The number of hydrogen-bond donors (Lipinski definition) is 3. The highest BCUT2D eigenvalue weighted by atomic mass is 19.3. The van der Waals surface area contributed by atoms with E-state index in [4.69, 9.17) is 15.6 Å². The first-order valence-corrected chi connectivity index (χ1v) is 5.71. The van der Waals surface area contributed by atoms with Crippen molar-refractivity contribution in [3.8, 4) is 5.75 Å². The molecule has 0 saturated heterocycles. The van der Waals surface area contributed by atoms with Crippen LogP contribution in [-0.2, 0) is 4.79 Å². The van der Waals surface area contributed by atoms with Crippen LogP contribution in [0, 0.1) is 0 Å². The first-order valence-electron chi connectivity index (χ1n) is 5.71. The van der Waals surface area contributed by atoms with Gasteiger partial charge in [-0.3, -0.25) is 4.79 Å². The molecular weight excluding hydrogens is 258 g/mol. The molecule has 0 aliphatic heterocycles. The average Bonchev–Trinajstić information content (AvgIpc) is 2.38. The number of benzene rings is 1. The zero-order valence-electron chi connectivity index (χ0n) is 10.2. The van der Waals surface area contributed by atoms with Crippen molar-refractivity contribution in [1.29, 1.82) is 0 Å². The highest BCUT2D eigenvalue weighted by Crippen LogP contribution is 2.19. The Labute approximate surface area is 109 Å². The van der Waals surface area contributed by atoms with Gasteiger partial charge in [0.05, 0.1) is 18.7 Å². The monoisotopic (exact) mass is 274 g/mol. The Hall–Kier alpha value is -1.89. The van der Waals surface area contributed by atoms with E-state index in [0.29, 0.717) is 11.4 Å². The summed E-state index contributed by atoms with van der Waals surface area (Å²) in [6, 6.07) is 6.81. The maximum absolute atomic E-state index is 12.0. The molecule has 1 unspecified atom stereocenters. The highest BCUT2D eigenvalue weighted by molar-refractivity contribution is 5.76. The van der Waals surface area contributed by atoms with Crippen LogP contribution in [0.2, 0.25) is 0 Å². The number of carbonyl (C=O) groups excluding carboxylic acids is 1. The van der Waals surface area contributed by atoms with Crippen molar-refractivity contribution in [3.63, 3.8) is 0 Å². The Kier molecular flexibility index (Phi) is 6.01. The quantitative estimate of drug-likeness (QED) is 0.641. The van der Waals surface area contributed by atoms with E-state index in [1.807, 2.05) is 0 Å². The number of amides is 1. The predicted molar refractivity (Wildman–Crippen MR) is 66.0 cm³/mol. The van der Waals surface area contributed by atoms with Gasteiger partial charge in [0, 0.05) is 6.54 Å². The number of anilines is 1. The second-order valence-electron chi connectivity index (χ2n) is 3.84. The molecule has 0 saturated carbocycles. The molecule has 1 aromatic rings. The smallest absolute Gasteiger partial charge is 0.265 e. The molecule has 0 spiro atoms. The van der Waals surface area contributed by atoms with E-state index in [-0.39, 0.29) is 13.0 Å². The van der Waals surface area contributed by atoms with Crippen LogP contribution >= 0.6 is 0 Å². The molecule has 0 aliphatic rings. The molecular formula is C12H16F2N2O3. The Morgan fingerprint density at radius 2 is 2.11 bits per heavy atom. The number of aliphatic hydroxyl groups is 1. The average molecular weight is 274 g/mol. The Morgan fingerprint density at radius 3 is 2.74 bits per heavy atom. The minimum absolute atomic E-state index is 0.00963. The first kappa shape index (κ1) is 15.2. The van der Waals surface area contributed by atoms with Gasteiger partial charge in [0.2, 0.25) is 5.91 Å². The summed E-state index contributed by atoms with van der Waals surface area (Å²) in [5.74, 6) is -0.0166. The molecule has 7 heteroatoms. The number of ether oxygens (including phenoxy) is 1. The number of alkyl halides is 2. The third kappa shape index (κ3) is 5.52. The second-order valence-corrected chi connectivity index (χ2v) is 3.84. The largest absolute Gasteiger partial charge is 0.491 e. The molecule has 1 atom stereocenters. The molecule has 1 amide bonds. The fraction of sp³-hybridized carbons (Fsp3) is 0.417. The molecule has 1 rings (SSSR count). The number of nitrogen functional groups attached to an aromatic ring is 1. The summed E-state index contributed by atoms with van der Waals surface area (Å²) in [4.78, 5) is 11.3. The summed E-state index contributed by atoms with van der Waals surface area (Å²) in [6.07, 6.45) is -4.74. The molecule has 4 N–H and O–H groups in total. The van der Waals surface area contributed by atoms with Gasteiger partial charge in [-0.25, -0.2) is 8.78 Å². The lowest BCUT2D eigenvalue weighted by Crippen LogP contribution is -2.36. The number of nitrogens with one attached hydrogen (secondary N) is 1. The lowest BCUT2D eigenvalue weighted by atomic mass is 10.3. The summed E-state index contributed by atoms with van der Waals surface area (Å²) in [5.41, 5.74) is 6.08. The number of hydrogen-bond acceptors (Lipinski definition) is 4. The van der Waals surface area contributed by atoms with Gasteiger partial charge >= 0.3 is 0 Å². The normalized spacial score (nSPS) is 12.2. The SMILES string of the molecule is Nc1ccccc1OCCC(=O)NCC(O)C(F)F. The standard InChI is InChI=1S/C12H16F2N2O3/c13-12(14)9(17)7-16-11(18)5-6-19-10-4-2-1-3-8(10)15/h1-4,9,12,17H,5-7,15H2,(H,16,18). The van der Waals surface area contributed by atoms with Crippen LogP contribution in [-0.4, -0.2) is 36.7 Å². The Morgan fingerprint density at radius 1 is 1.42 bits per heavy atom. The van der Waals surface area contributed by atoms with Crippen LogP contribution in [0.1, 0.15) is 6.42 Å². The van der Waals surface area contributed by atoms with E-state index < -0.39 is 25.0 Å². The van der Waals surface area contributed by atoms with E-state index in [0.717, 1.165) is 0 Å². The zero-order valence-corrected chi connectivity index (χ0v) is 10.2. The van der Waals surface area contributed by atoms with Crippen molar-refractivity contribution < 1.29 is 23.4 Å². The second kappa shape index (κ2) is 7.52. The maximum atomic E-state index is 12.0. The summed E-state index contributed by atoms with van der Waals surface area (Å²) in [7, 11) is 0. The molecule has 0 fully saturated rings. The van der Waals surface area contributed by atoms with Crippen molar-refractivity contribution in [2.75, 3.05) is 18.9 Å². The lowest BCUT2D eigenvalue weighted by molar-refractivity contribution is -0.122. The molecule has 0 bridgehead atoms. The number of carbonyl (C=O) groups is 1. The van der Waals surface area contributed by atoms with Crippen LogP contribution in [0.4, 0.5) is 14.5 Å². The predicted octanol–water partition coefficient (Wildman–Crippen LogP) is 0.780. The fourth-order valence-corrected chi connectivity index (χ4v) is 1.26. The third-order valence-corrected chi connectivity index (χ3v) is 2.30. The van der Waals surface area contributed by atoms with E-state index in [1.54, 1.807) is 24.3 Å². The van der Waals surface area contributed by atoms with Crippen LogP contribution in [0.5, 0.6) is 5.75 Å². The Balaban J connectivity index is 2.23. The van der Waals surface area contributed by atoms with Crippen molar-refractivity contribution in [2.24, 2.45) is 0 Å². The summed E-state index contributed by atoms with van der Waals surface area (Å²) in [5, 5.41) is 11.0. The zero-order chi connectivity index (χ0) is 14.3. The van der Waals surface area contributed by atoms with E-state index >= 15 is 0 Å². The van der Waals surface area contributed by atoms with Gasteiger partial charge in [-0.05, 0) is 12.1 Å². The van der Waals surface area contributed by atoms with E-state index in [9.17, 15) is 13.6 Å². The lowest BCUT2D eigenvalue weighted by Gasteiger charge is -2.11. The van der Waals surface area contributed by atoms with Crippen molar-refractivity contribution in [2.45, 2.75) is 19.0 Å². The van der Waals surface area contributed by atoms with Crippen molar-refractivity contribution in [1.82, 2.24) is 5.32 Å². The molecule has 19 heavy (non-hydrogen) atoms. The molecule has 1 aromatic carbocycles. The summed E-state index contributed by atoms with van der Waals surface area (Å²) < 4.78 is 29.2. The van der Waals surface area contributed by atoms with E-state index in [1.165, 1.54) is 0 Å². The fourth-order valence-electron chi connectivity index (χ4n) is 1.26. The number of para-hydroxylation sites is 2. The first-order chi connectivity index (χ1) is 9.00. The Bertz CT molecular complexity index is 416.